The number of hydrogen-bond donors (Lipinski definition) is 1. The number of amides is 1. The lowest BCUT2D eigenvalue weighted by Gasteiger charge is -2.11. The molecule has 2 heterocycles. The van der Waals surface area contributed by atoms with Crippen molar-refractivity contribution >= 4 is 40.5 Å². The molecule has 2 aromatic heterocycles. The third-order valence-electron chi connectivity index (χ3n) is 3.19. The Balaban J connectivity index is 1.61. The van der Waals surface area contributed by atoms with Gasteiger partial charge >= 0.3 is 5.97 Å². The van der Waals surface area contributed by atoms with Gasteiger partial charge in [-0.15, -0.1) is 0 Å². The molecular weight excluding hydrogens is 364 g/mol. The molecule has 25 heavy (non-hydrogen) atoms. The first-order valence-corrected chi connectivity index (χ1v) is 8.55. The highest BCUT2D eigenvalue weighted by molar-refractivity contribution is 7.08. The molecule has 1 aromatic carbocycles. The van der Waals surface area contributed by atoms with Crippen molar-refractivity contribution in [1.29, 1.82) is 0 Å². The first-order chi connectivity index (χ1) is 12.1. The molecule has 0 saturated carbocycles. The zero-order valence-corrected chi connectivity index (χ0v) is 14.5. The van der Waals surface area contributed by atoms with Crippen molar-refractivity contribution in [3.05, 3.63) is 58.3 Å². The summed E-state index contributed by atoms with van der Waals surface area (Å²) in [5, 5.41) is 10.9. The number of anilines is 1. The van der Waals surface area contributed by atoms with Gasteiger partial charge in [0.15, 0.2) is 6.61 Å². The predicted molar refractivity (Wildman–Crippen MR) is 94.0 cm³/mol. The minimum atomic E-state index is -0.470. The molecule has 0 radical (unpaired) electrons. The smallest absolute Gasteiger partial charge is 0.310 e. The van der Waals surface area contributed by atoms with Crippen LogP contribution in [0, 0.1) is 0 Å². The van der Waals surface area contributed by atoms with E-state index < -0.39 is 11.9 Å². The maximum atomic E-state index is 12.1. The van der Waals surface area contributed by atoms with Crippen molar-refractivity contribution in [3.8, 4) is 5.69 Å². The molecule has 128 valence electrons. The molecule has 0 fully saturated rings. The quantitative estimate of drug-likeness (QED) is 0.668. The molecule has 0 aliphatic rings. The maximum absolute atomic E-state index is 12.1. The standard InChI is InChI=1S/C16H13ClN4O3S/c17-12-1-2-14(21-10-18-9-19-21)13(6-12)20-15(22)7-24-16(23)5-11-3-4-25-8-11/h1-4,6,8-10H,5,7H2,(H,20,22). The van der Waals surface area contributed by atoms with Crippen LogP contribution in [-0.2, 0) is 20.7 Å². The Morgan fingerprint density at radius 3 is 2.92 bits per heavy atom. The van der Waals surface area contributed by atoms with Crippen molar-refractivity contribution < 1.29 is 14.3 Å². The number of carbonyl (C=O) groups is 2. The van der Waals surface area contributed by atoms with Gasteiger partial charge in [0.2, 0.25) is 0 Å². The van der Waals surface area contributed by atoms with Crippen LogP contribution < -0.4 is 5.32 Å². The van der Waals surface area contributed by atoms with Crippen LogP contribution in [0.2, 0.25) is 5.02 Å². The molecule has 0 aliphatic heterocycles. The van der Waals surface area contributed by atoms with Crippen molar-refractivity contribution in [2.45, 2.75) is 6.42 Å². The van der Waals surface area contributed by atoms with Gasteiger partial charge < -0.3 is 10.1 Å². The number of halogens is 1. The summed E-state index contributed by atoms with van der Waals surface area (Å²) in [6.07, 6.45) is 3.02. The largest absolute Gasteiger partial charge is 0.455 e. The number of ether oxygens (including phenoxy) is 1. The highest BCUT2D eigenvalue weighted by atomic mass is 35.5. The number of rotatable bonds is 6. The van der Waals surface area contributed by atoms with Gasteiger partial charge in [-0.05, 0) is 40.6 Å². The minimum Gasteiger partial charge on any atom is -0.455 e. The number of hydrogen-bond acceptors (Lipinski definition) is 6. The zero-order chi connectivity index (χ0) is 17.6. The fourth-order valence-corrected chi connectivity index (χ4v) is 2.92. The van der Waals surface area contributed by atoms with E-state index in [-0.39, 0.29) is 13.0 Å². The van der Waals surface area contributed by atoms with E-state index in [1.807, 2.05) is 16.8 Å². The summed E-state index contributed by atoms with van der Waals surface area (Å²) in [6.45, 7) is -0.383. The first kappa shape index (κ1) is 17.1. The van der Waals surface area contributed by atoms with Gasteiger partial charge in [-0.1, -0.05) is 11.6 Å². The summed E-state index contributed by atoms with van der Waals surface area (Å²) in [6, 6.07) is 6.80. The van der Waals surface area contributed by atoms with Gasteiger partial charge in [0.05, 0.1) is 17.8 Å². The van der Waals surface area contributed by atoms with Crippen molar-refractivity contribution in [3.63, 3.8) is 0 Å². The molecule has 0 atom stereocenters. The van der Waals surface area contributed by atoms with E-state index in [0.717, 1.165) is 5.56 Å². The summed E-state index contributed by atoms with van der Waals surface area (Å²) in [5.74, 6) is -0.932. The van der Waals surface area contributed by atoms with Crippen LogP contribution in [0.15, 0.2) is 47.7 Å². The summed E-state index contributed by atoms with van der Waals surface area (Å²) in [4.78, 5) is 27.7. The molecule has 0 saturated heterocycles. The molecule has 7 nitrogen and oxygen atoms in total. The fraction of sp³-hybridized carbons (Fsp3) is 0.125. The third kappa shape index (κ3) is 4.65. The average molecular weight is 377 g/mol. The van der Waals surface area contributed by atoms with Crippen molar-refractivity contribution in [1.82, 2.24) is 14.8 Å². The van der Waals surface area contributed by atoms with Gasteiger partial charge in [0.1, 0.15) is 12.7 Å². The predicted octanol–water partition coefficient (Wildman–Crippen LogP) is 2.71. The Labute approximate surface area is 152 Å². The molecule has 1 amide bonds. The lowest BCUT2D eigenvalue weighted by Crippen LogP contribution is -2.22. The Kier molecular flexibility index (Phi) is 5.42. The van der Waals surface area contributed by atoms with Crippen LogP contribution in [0.5, 0.6) is 0 Å². The van der Waals surface area contributed by atoms with E-state index in [2.05, 4.69) is 15.4 Å². The maximum Gasteiger partial charge on any atom is 0.310 e. The molecule has 0 spiro atoms. The third-order valence-corrected chi connectivity index (χ3v) is 4.16. The van der Waals surface area contributed by atoms with Gasteiger partial charge in [-0.2, -0.15) is 16.4 Å². The first-order valence-electron chi connectivity index (χ1n) is 7.23. The molecule has 1 N–H and O–H groups in total. The van der Waals surface area contributed by atoms with Gasteiger partial charge in [0.25, 0.3) is 5.91 Å². The second-order valence-electron chi connectivity index (χ2n) is 5.02. The SMILES string of the molecule is O=C(COC(=O)Cc1ccsc1)Nc1cc(Cl)ccc1-n1cncn1. The topological polar surface area (TPSA) is 86.1 Å². The van der Waals surface area contributed by atoms with Crippen LogP contribution in [0.3, 0.4) is 0 Å². The van der Waals surface area contributed by atoms with Crippen LogP contribution in [0.1, 0.15) is 5.56 Å². The number of nitrogens with one attached hydrogen (secondary N) is 1. The Morgan fingerprint density at radius 1 is 1.32 bits per heavy atom. The molecule has 0 bridgehead atoms. The van der Waals surface area contributed by atoms with Crippen molar-refractivity contribution in [2.75, 3.05) is 11.9 Å². The fourth-order valence-electron chi connectivity index (χ4n) is 2.08. The van der Waals surface area contributed by atoms with Gasteiger partial charge in [0, 0.05) is 5.02 Å². The van der Waals surface area contributed by atoms with E-state index in [1.54, 1.807) is 18.2 Å². The highest BCUT2D eigenvalue weighted by Gasteiger charge is 2.12. The van der Waals surface area contributed by atoms with Gasteiger partial charge in [-0.25, -0.2) is 9.67 Å². The molecule has 9 heteroatoms. The second kappa shape index (κ2) is 7.91. The Bertz CT molecular complexity index is 866. The second-order valence-corrected chi connectivity index (χ2v) is 6.24. The Hall–Kier alpha value is -2.71. The molecule has 3 rings (SSSR count). The lowest BCUT2D eigenvalue weighted by molar-refractivity contribution is -0.146. The number of thiophene rings is 1. The average Bonchev–Trinajstić information content (AvgIpc) is 3.27. The van der Waals surface area contributed by atoms with Crippen LogP contribution in [0.4, 0.5) is 5.69 Å². The molecule has 0 aliphatic carbocycles. The molecule has 0 unspecified atom stereocenters. The van der Waals surface area contributed by atoms with Crippen LogP contribution in [0.25, 0.3) is 5.69 Å². The number of carbonyl (C=O) groups excluding carboxylic acids is 2. The van der Waals surface area contributed by atoms with E-state index in [9.17, 15) is 9.59 Å². The molecular formula is C16H13ClN4O3S. The summed E-state index contributed by atoms with van der Waals surface area (Å²) < 4.78 is 6.49. The highest BCUT2D eigenvalue weighted by Crippen LogP contribution is 2.23. The van der Waals surface area contributed by atoms with Gasteiger partial charge in [-0.3, -0.25) is 9.59 Å². The Morgan fingerprint density at radius 2 is 2.20 bits per heavy atom. The lowest BCUT2D eigenvalue weighted by atomic mass is 10.2. The molecule has 3 aromatic rings. The number of nitrogens with zero attached hydrogens (tertiary/aromatic N) is 3. The summed E-state index contributed by atoms with van der Waals surface area (Å²) in [7, 11) is 0. The summed E-state index contributed by atoms with van der Waals surface area (Å²) >= 11 is 7.48. The normalized spacial score (nSPS) is 10.4. The number of esters is 1. The minimum absolute atomic E-state index is 0.137. The van der Waals surface area contributed by atoms with E-state index in [4.69, 9.17) is 16.3 Å². The van der Waals surface area contributed by atoms with Crippen molar-refractivity contribution in [2.24, 2.45) is 0 Å². The van der Waals surface area contributed by atoms with E-state index in [1.165, 1.54) is 28.7 Å². The van der Waals surface area contributed by atoms with Crippen LogP contribution >= 0.6 is 22.9 Å². The summed E-state index contributed by atoms with van der Waals surface area (Å²) in [5.41, 5.74) is 1.90. The van der Waals surface area contributed by atoms with E-state index in [0.29, 0.717) is 16.4 Å². The van der Waals surface area contributed by atoms with E-state index >= 15 is 0 Å². The van der Waals surface area contributed by atoms with Crippen LogP contribution in [-0.4, -0.2) is 33.2 Å². The number of benzene rings is 1. The zero-order valence-electron chi connectivity index (χ0n) is 12.9. The number of aromatic nitrogens is 3. The monoisotopic (exact) mass is 376 g/mol.